The first-order chi connectivity index (χ1) is 8.16. The van der Waals surface area contributed by atoms with Gasteiger partial charge >= 0.3 is 0 Å². The summed E-state index contributed by atoms with van der Waals surface area (Å²) >= 11 is 0. The highest BCUT2D eigenvalue weighted by Crippen LogP contribution is 2.27. The molecule has 0 saturated heterocycles. The predicted octanol–water partition coefficient (Wildman–Crippen LogP) is 4.02. The van der Waals surface area contributed by atoms with E-state index in [1.165, 1.54) is 11.1 Å². The van der Waals surface area contributed by atoms with E-state index in [9.17, 15) is 0 Å². The van der Waals surface area contributed by atoms with E-state index in [2.05, 4.69) is 42.8 Å². The summed E-state index contributed by atoms with van der Waals surface area (Å²) in [4.78, 5) is 4.58. The standard InChI is InChI=1S/C16H19N/c1-12-7-9-14(3)17-11-15-6-4-5-13(2)16(15)10-8-12/h4,6-10,13H,1,5,11H2,2-3H3/b9-7-,10-8-,17-14-. The molecular formula is C16H19N. The molecule has 0 amide bonds. The Labute approximate surface area is 104 Å². The number of aliphatic imine (C=N–C) groups is 1. The highest BCUT2D eigenvalue weighted by molar-refractivity contribution is 5.93. The maximum absolute atomic E-state index is 4.58. The topological polar surface area (TPSA) is 12.4 Å². The van der Waals surface area contributed by atoms with E-state index >= 15 is 0 Å². The molecule has 0 aromatic carbocycles. The van der Waals surface area contributed by atoms with Crippen molar-refractivity contribution in [2.75, 3.05) is 6.54 Å². The van der Waals surface area contributed by atoms with Crippen LogP contribution in [0.3, 0.4) is 0 Å². The van der Waals surface area contributed by atoms with E-state index in [0.29, 0.717) is 5.92 Å². The molecule has 0 radical (unpaired) electrons. The summed E-state index contributed by atoms with van der Waals surface area (Å²) in [5, 5.41) is 0. The smallest absolute Gasteiger partial charge is 0.0645 e. The highest BCUT2D eigenvalue weighted by atomic mass is 14.7. The van der Waals surface area contributed by atoms with Gasteiger partial charge < -0.3 is 0 Å². The van der Waals surface area contributed by atoms with Gasteiger partial charge in [0, 0.05) is 5.71 Å². The molecule has 0 aromatic rings. The SMILES string of the molecule is C=C1/C=C\C2=C(C=CCC2C)C/N=C(C)\C=C/1. The van der Waals surface area contributed by atoms with Crippen molar-refractivity contribution in [2.45, 2.75) is 20.3 Å². The minimum absolute atomic E-state index is 0.581. The summed E-state index contributed by atoms with van der Waals surface area (Å²) in [5.74, 6) is 0.581. The number of nitrogens with zero attached hydrogens (tertiary/aromatic N) is 1. The number of allylic oxidation sites excluding steroid dienone is 7. The lowest BCUT2D eigenvalue weighted by Crippen LogP contribution is -2.07. The van der Waals surface area contributed by atoms with Gasteiger partial charge in [-0.25, -0.2) is 0 Å². The van der Waals surface area contributed by atoms with E-state index in [1.807, 2.05) is 19.1 Å². The molecule has 0 N–H and O–H groups in total. The van der Waals surface area contributed by atoms with Crippen molar-refractivity contribution in [3.05, 3.63) is 59.8 Å². The van der Waals surface area contributed by atoms with Crippen LogP contribution in [0.5, 0.6) is 0 Å². The average Bonchev–Trinajstić information content (AvgIpc) is 2.32. The summed E-state index contributed by atoms with van der Waals surface area (Å²) in [6.07, 6.45) is 13.9. The van der Waals surface area contributed by atoms with Crippen molar-refractivity contribution in [1.29, 1.82) is 0 Å². The fourth-order valence-corrected chi connectivity index (χ4v) is 2.11. The lowest BCUT2D eigenvalue weighted by molar-refractivity contribution is 0.692. The first-order valence-corrected chi connectivity index (χ1v) is 6.12. The Kier molecular flexibility index (Phi) is 3.58. The van der Waals surface area contributed by atoms with E-state index in [-0.39, 0.29) is 0 Å². The highest BCUT2D eigenvalue weighted by Gasteiger charge is 2.13. The largest absolute Gasteiger partial charge is 0.285 e. The summed E-state index contributed by atoms with van der Waals surface area (Å²) in [6, 6.07) is 0. The van der Waals surface area contributed by atoms with E-state index in [4.69, 9.17) is 0 Å². The molecule has 0 aromatic heterocycles. The number of hydrogen-bond donors (Lipinski definition) is 0. The van der Waals surface area contributed by atoms with Crippen LogP contribution in [0.15, 0.2) is 64.7 Å². The second-order valence-electron chi connectivity index (χ2n) is 4.72. The van der Waals surface area contributed by atoms with Crippen LogP contribution in [-0.4, -0.2) is 12.3 Å². The Morgan fingerprint density at radius 3 is 2.76 bits per heavy atom. The van der Waals surface area contributed by atoms with Gasteiger partial charge in [0.1, 0.15) is 0 Å². The Bertz CT molecular complexity index is 470. The van der Waals surface area contributed by atoms with Gasteiger partial charge in [0.05, 0.1) is 6.54 Å². The van der Waals surface area contributed by atoms with Gasteiger partial charge in [-0.3, -0.25) is 4.99 Å². The number of hydrogen-bond acceptors (Lipinski definition) is 1. The molecule has 1 unspecified atom stereocenters. The van der Waals surface area contributed by atoms with Gasteiger partial charge in [0.2, 0.25) is 0 Å². The van der Waals surface area contributed by atoms with Gasteiger partial charge in [-0.05, 0) is 42.1 Å². The van der Waals surface area contributed by atoms with Gasteiger partial charge in [-0.1, -0.05) is 43.9 Å². The van der Waals surface area contributed by atoms with E-state index in [1.54, 1.807) is 0 Å². The molecule has 0 saturated carbocycles. The summed E-state index contributed by atoms with van der Waals surface area (Å²) in [6.45, 7) is 9.10. The van der Waals surface area contributed by atoms with Crippen molar-refractivity contribution in [1.82, 2.24) is 0 Å². The lowest BCUT2D eigenvalue weighted by Gasteiger charge is -2.19. The Morgan fingerprint density at radius 1 is 1.18 bits per heavy atom. The molecule has 2 aliphatic rings. The Balaban J connectivity index is 2.41. The van der Waals surface area contributed by atoms with Crippen LogP contribution in [-0.2, 0) is 0 Å². The zero-order valence-corrected chi connectivity index (χ0v) is 10.6. The van der Waals surface area contributed by atoms with Crippen LogP contribution in [0.1, 0.15) is 20.3 Å². The van der Waals surface area contributed by atoms with Crippen LogP contribution < -0.4 is 0 Å². The third-order valence-electron chi connectivity index (χ3n) is 3.22. The molecule has 1 aliphatic heterocycles. The van der Waals surface area contributed by atoms with Crippen molar-refractivity contribution in [2.24, 2.45) is 10.9 Å². The fraction of sp³-hybridized carbons (Fsp3) is 0.312. The molecule has 0 fully saturated rings. The molecule has 2 rings (SSSR count). The van der Waals surface area contributed by atoms with Gasteiger partial charge in [0.25, 0.3) is 0 Å². The monoisotopic (exact) mass is 225 g/mol. The maximum atomic E-state index is 4.58. The second-order valence-corrected chi connectivity index (χ2v) is 4.72. The average molecular weight is 225 g/mol. The van der Waals surface area contributed by atoms with Crippen LogP contribution in [0.2, 0.25) is 0 Å². The number of rotatable bonds is 0. The minimum Gasteiger partial charge on any atom is -0.285 e. The summed E-state index contributed by atoms with van der Waals surface area (Å²) < 4.78 is 0. The minimum atomic E-state index is 0.581. The van der Waals surface area contributed by atoms with Crippen molar-refractivity contribution in [3.63, 3.8) is 0 Å². The van der Waals surface area contributed by atoms with Crippen LogP contribution in [0, 0.1) is 5.92 Å². The molecule has 17 heavy (non-hydrogen) atoms. The maximum Gasteiger partial charge on any atom is 0.0645 e. The van der Waals surface area contributed by atoms with E-state index in [0.717, 1.165) is 24.3 Å². The Hall–Kier alpha value is -1.63. The first kappa shape index (κ1) is 11.8. The van der Waals surface area contributed by atoms with Crippen LogP contribution in [0.25, 0.3) is 0 Å². The van der Waals surface area contributed by atoms with E-state index < -0.39 is 0 Å². The van der Waals surface area contributed by atoms with Crippen LogP contribution in [0.4, 0.5) is 0 Å². The predicted molar refractivity (Wildman–Crippen MR) is 75.3 cm³/mol. The van der Waals surface area contributed by atoms with Crippen molar-refractivity contribution in [3.8, 4) is 0 Å². The van der Waals surface area contributed by atoms with Crippen molar-refractivity contribution >= 4 is 5.71 Å². The molecule has 1 nitrogen and oxygen atoms in total. The molecule has 1 heteroatoms. The zero-order chi connectivity index (χ0) is 12.3. The van der Waals surface area contributed by atoms with Gasteiger partial charge in [-0.2, -0.15) is 0 Å². The van der Waals surface area contributed by atoms with Gasteiger partial charge in [-0.15, -0.1) is 0 Å². The van der Waals surface area contributed by atoms with Crippen molar-refractivity contribution < 1.29 is 0 Å². The third-order valence-corrected chi connectivity index (χ3v) is 3.22. The second kappa shape index (κ2) is 5.13. The quantitative estimate of drug-likeness (QED) is 0.590. The Morgan fingerprint density at radius 2 is 1.94 bits per heavy atom. The molecule has 1 heterocycles. The summed E-state index contributed by atoms with van der Waals surface area (Å²) in [7, 11) is 0. The van der Waals surface area contributed by atoms with Crippen LogP contribution >= 0.6 is 0 Å². The van der Waals surface area contributed by atoms with Gasteiger partial charge in [0.15, 0.2) is 0 Å². The molecular weight excluding hydrogens is 206 g/mol. The molecule has 88 valence electrons. The molecule has 0 spiro atoms. The molecule has 0 bridgehead atoms. The summed E-state index contributed by atoms with van der Waals surface area (Å²) in [5.41, 5.74) is 4.82. The molecule has 1 atom stereocenters. The lowest BCUT2D eigenvalue weighted by atomic mass is 9.87. The fourth-order valence-electron chi connectivity index (χ4n) is 2.11. The first-order valence-electron chi connectivity index (χ1n) is 6.12. The normalized spacial score (nSPS) is 31.5. The molecule has 1 aliphatic carbocycles. The third kappa shape index (κ3) is 2.94. The zero-order valence-electron chi connectivity index (χ0n) is 10.6.